The molecule has 0 radical (unpaired) electrons. The lowest BCUT2D eigenvalue weighted by atomic mass is 9.88. The smallest absolute Gasteiger partial charge is 0.475 e. The topological polar surface area (TPSA) is 78.7 Å². The van der Waals surface area contributed by atoms with E-state index in [1.54, 1.807) is 10.9 Å². The number of hydrogen-bond donors (Lipinski definition) is 1. The number of halogens is 3. The van der Waals surface area contributed by atoms with Gasteiger partial charge < -0.3 is 14.9 Å². The van der Waals surface area contributed by atoms with Crippen molar-refractivity contribution in [1.82, 2.24) is 14.7 Å². The van der Waals surface area contributed by atoms with Crippen LogP contribution in [0.5, 0.6) is 0 Å². The Morgan fingerprint density at radius 2 is 1.96 bits per heavy atom. The number of alkyl halides is 3. The zero-order valence-electron chi connectivity index (χ0n) is 15.0. The van der Waals surface area contributed by atoms with Crippen LogP contribution in [0.4, 0.5) is 18.9 Å². The van der Waals surface area contributed by atoms with Gasteiger partial charge in [-0.1, -0.05) is 0 Å². The first-order chi connectivity index (χ1) is 12.6. The minimum atomic E-state index is -5.08. The summed E-state index contributed by atoms with van der Waals surface area (Å²) in [5.41, 5.74) is 0.955. The maximum Gasteiger partial charge on any atom is 0.490 e. The monoisotopic (exact) mass is 388 g/mol. The molecule has 0 aromatic carbocycles. The summed E-state index contributed by atoms with van der Waals surface area (Å²) in [6.07, 6.45) is 2.57. The quantitative estimate of drug-likeness (QED) is 0.854. The maximum atomic E-state index is 12.7. The lowest BCUT2D eigenvalue weighted by molar-refractivity contribution is -0.192. The fourth-order valence-corrected chi connectivity index (χ4v) is 3.76. The van der Waals surface area contributed by atoms with Crippen LogP contribution in [0.3, 0.4) is 0 Å². The fourth-order valence-electron chi connectivity index (χ4n) is 3.76. The average molecular weight is 388 g/mol. The highest BCUT2D eigenvalue weighted by atomic mass is 19.4. The van der Waals surface area contributed by atoms with E-state index < -0.39 is 12.1 Å². The van der Waals surface area contributed by atoms with Crippen molar-refractivity contribution >= 4 is 17.6 Å². The molecule has 0 spiro atoms. The standard InChI is InChI=1S/C15H22N4O.C2HF3O2/c1-17-9-13(6-16-17)19-5-4-12-8-18(7-11-2-3-11)10-14(12)15(19)20;3-2(4,5)1(6)7/h6,9,11-12,14H,2-5,7-8,10H2,1H3;(H,6,7). The van der Waals surface area contributed by atoms with Gasteiger partial charge in [0.15, 0.2) is 0 Å². The Balaban J connectivity index is 0.000000260. The molecule has 3 fully saturated rings. The van der Waals surface area contributed by atoms with Crippen LogP contribution < -0.4 is 4.90 Å². The first-order valence-corrected chi connectivity index (χ1v) is 8.97. The number of nitrogens with zero attached hydrogens (tertiary/aromatic N) is 4. The van der Waals surface area contributed by atoms with Gasteiger partial charge in [0.1, 0.15) is 0 Å². The molecule has 1 aromatic rings. The predicted molar refractivity (Wildman–Crippen MR) is 90.0 cm³/mol. The number of hydrogen-bond acceptors (Lipinski definition) is 4. The van der Waals surface area contributed by atoms with Gasteiger partial charge in [-0.15, -0.1) is 0 Å². The Morgan fingerprint density at radius 3 is 2.48 bits per heavy atom. The SMILES string of the molecule is Cn1cc(N2CCC3CN(CC4CC4)CC3C2=O)cn1.O=C(O)C(F)(F)F. The number of piperidine rings is 1. The molecule has 1 N–H and O–H groups in total. The molecule has 27 heavy (non-hydrogen) atoms. The van der Waals surface area contributed by atoms with E-state index in [0.29, 0.717) is 11.8 Å². The van der Waals surface area contributed by atoms with Crippen molar-refractivity contribution in [3.8, 4) is 0 Å². The highest BCUT2D eigenvalue weighted by Gasteiger charge is 2.44. The Morgan fingerprint density at radius 1 is 1.30 bits per heavy atom. The van der Waals surface area contributed by atoms with E-state index in [1.807, 2.05) is 18.1 Å². The molecule has 2 saturated heterocycles. The molecule has 1 saturated carbocycles. The lowest BCUT2D eigenvalue weighted by Crippen LogP contribution is -2.45. The number of rotatable bonds is 3. The summed E-state index contributed by atoms with van der Waals surface area (Å²) in [4.78, 5) is 26.1. The lowest BCUT2D eigenvalue weighted by Gasteiger charge is -2.32. The Kier molecular flexibility index (Phi) is 5.45. The van der Waals surface area contributed by atoms with Crippen LogP contribution in [0.15, 0.2) is 12.4 Å². The van der Waals surface area contributed by atoms with E-state index in [1.165, 1.54) is 19.4 Å². The number of amides is 1. The summed E-state index contributed by atoms with van der Waals surface area (Å²) >= 11 is 0. The van der Waals surface area contributed by atoms with Crippen LogP contribution in [0.1, 0.15) is 19.3 Å². The second kappa shape index (κ2) is 7.49. The van der Waals surface area contributed by atoms with Crippen LogP contribution in [-0.4, -0.2) is 64.0 Å². The number of likely N-dealkylation sites (tertiary alicyclic amines) is 1. The zero-order chi connectivity index (χ0) is 19.8. The van der Waals surface area contributed by atoms with E-state index in [9.17, 15) is 18.0 Å². The van der Waals surface area contributed by atoms with E-state index in [2.05, 4.69) is 10.00 Å². The molecule has 1 aromatic heterocycles. The molecule has 3 aliphatic rings. The summed E-state index contributed by atoms with van der Waals surface area (Å²) in [6.45, 7) is 4.17. The van der Waals surface area contributed by atoms with Gasteiger partial charge in [0.25, 0.3) is 0 Å². The molecule has 150 valence electrons. The summed E-state index contributed by atoms with van der Waals surface area (Å²) in [5, 5.41) is 11.3. The van der Waals surface area contributed by atoms with E-state index in [4.69, 9.17) is 9.90 Å². The van der Waals surface area contributed by atoms with E-state index in [-0.39, 0.29) is 5.92 Å². The maximum absolute atomic E-state index is 12.7. The Hall–Kier alpha value is -2.10. The van der Waals surface area contributed by atoms with Crippen molar-refractivity contribution in [2.45, 2.75) is 25.4 Å². The van der Waals surface area contributed by atoms with Crippen molar-refractivity contribution in [2.24, 2.45) is 24.8 Å². The molecule has 2 aliphatic heterocycles. The molecule has 3 heterocycles. The van der Waals surface area contributed by atoms with Crippen molar-refractivity contribution in [3.05, 3.63) is 12.4 Å². The zero-order valence-corrected chi connectivity index (χ0v) is 15.0. The highest BCUT2D eigenvalue weighted by molar-refractivity contribution is 5.96. The average Bonchev–Trinajstić information content (AvgIpc) is 3.12. The molecule has 1 aliphatic carbocycles. The Labute approximate surface area is 154 Å². The van der Waals surface area contributed by atoms with Crippen LogP contribution >= 0.6 is 0 Å². The molecule has 10 heteroatoms. The van der Waals surface area contributed by atoms with Crippen molar-refractivity contribution in [1.29, 1.82) is 0 Å². The third-order valence-corrected chi connectivity index (χ3v) is 5.28. The third-order valence-electron chi connectivity index (χ3n) is 5.28. The van der Waals surface area contributed by atoms with Gasteiger partial charge in [0, 0.05) is 39.4 Å². The predicted octanol–water partition coefficient (Wildman–Crippen LogP) is 1.75. The molecule has 7 nitrogen and oxygen atoms in total. The van der Waals surface area contributed by atoms with Crippen molar-refractivity contribution in [2.75, 3.05) is 31.1 Å². The number of aromatic nitrogens is 2. The minimum absolute atomic E-state index is 0.211. The summed E-state index contributed by atoms with van der Waals surface area (Å²) in [6, 6.07) is 0. The number of carbonyl (C=O) groups excluding carboxylic acids is 1. The van der Waals surface area contributed by atoms with Gasteiger partial charge in [0.05, 0.1) is 17.8 Å². The number of fused-ring (bicyclic) bond motifs is 1. The van der Waals surface area contributed by atoms with E-state index in [0.717, 1.165) is 37.7 Å². The fraction of sp³-hybridized carbons (Fsp3) is 0.706. The summed E-state index contributed by atoms with van der Waals surface area (Å²) in [5.74, 6) is -0.739. The third kappa shape index (κ3) is 4.79. The van der Waals surface area contributed by atoms with Gasteiger partial charge in [-0.05, 0) is 31.1 Å². The number of aryl methyl sites for hydroxylation is 1. The number of carboxylic acid groups (broad SMARTS) is 1. The van der Waals surface area contributed by atoms with Gasteiger partial charge in [0.2, 0.25) is 5.91 Å². The molecule has 2 unspecified atom stereocenters. The number of aliphatic carboxylic acids is 1. The molecular formula is C17H23F3N4O3. The van der Waals surface area contributed by atoms with Crippen LogP contribution in [0.2, 0.25) is 0 Å². The van der Waals surface area contributed by atoms with E-state index >= 15 is 0 Å². The van der Waals surface area contributed by atoms with Crippen LogP contribution in [0, 0.1) is 17.8 Å². The largest absolute Gasteiger partial charge is 0.490 e. The molecule has 0 bridgehead atoms. The Bertz CT molecular complexity index is 702. The molecule has 4 rings (SSSR count). The first-order valence-electron chi connectivity index (χ1n) is 8.97. The van der Waals surface area contributed by atoms with Gasteiger partial charge >= 0.3 is 12.1 Å². The van der Waals surface area contributed by atoms with Gasteiger partial charge in [-0.3, -0.25) is 9.48 Å². The van der Waals surface area contributed by atoms with Crippen molar-refractivity contribution in [3.63, 3.8) is 0 Å². The number of carbonyl (C=O) groups is 2. The van der Waals surface area contributed by atoms with Gasteiger partial charge in [-0.25, -0.2) is 4.79 Å². The summed E-state index contributed by atoms with van der Waals surface area (Å²) in [7, 11) is 1.90. The summed E-state index contributed by atoms with van der Waals surface area (Å²) < 4.78 is 33.5. The van der Waals surface area contributed by atoms with Gasteiger partial charge in [-0.2, -0.15) is 18.3 Å². The minimum Gasteiger partial charge on any atom is -0.475 e. The molecule has 1 amide bonds. The number of carboxylic acids is 1. The van der Waals surface area contributed by atoms with Crippen molar-refractivity contribution < 1.29 is 27.9 Å². The highest BCUT2D eigenvalue weighted by Crippen LogP contribution is 2.37. The second-order valence-electron chi connectivity index (χ2n) is 7.48. The molecule has 2 atom stereocenters. The first kappa shape index (κ1) is 19.7. The number of anilines is 1. The van der Waals surface area contributed by atoms with Crippen LogP contribution in [-0.2, 0) is 16.6 Å². The normalized spacial score (nSPS) is 25.8. The molecular weight excluding hydrogens is 365 g/mol. The van der Waals surface area contributed by atoms with Crippen LogP contribution in [0.25, 0.3) is 0 Å². The second-order valence-corrected chi connectivity index (χ2v) is 7.48.